The lowest BCUT2D eigenvalue weighted by Gasteiger charge is -2.26. The topological polar surface area (TPSA) is 18.5 Å². The van der Waals surface area contributed by atoms with E-state index in [2.05, 4.69) is 31.2 Å². The molecule has 23 heavy (non-hydrogen) atoms. The number of hydrogen-bond acceptors (Lipinski definition) is 2. The number of methoxy groups -OCH3 is 1. The SMILES string of the molecule is COc1ccc(OCc2ccc(C3CCC(C)CC3)cc2)cc1. The van der Waals surface area contributed by atoms with E-state index >= 15 is 0 Å². The molecular weight excluding hydrogens is 284 g/mol. The van der Waals surface area contributed by atoms with E-state index < -0.39 is 0 Å². The Morgan fingerprint density at radius 2 is 1.43 bits per heavy atom. The monoisotopic (exact) mass is 310 g/mol. The first-order chi connectivity index (χ1) is 11.2. The van der Waals surface area contributed by atoms with Crippen LogP contribution in [0.5, 0.6) is 11.5 Å². The molecule has 0 N–H and O–H groups in total. The Morgan fingerprint density at radius 3 is 2.04 bits per heavy atom. The van der Waals surface area contributed by atoms with E-state index in [1.54, 1.807) is 7.11 Å². The molecular formula is C21H26O2. The summed E-state index contributed by atoms with van der Waals surface area (Å²) < 4.78 is 11.0. The molecule has 0 unspecified atom stereocenters. The average molecular weight is 310 g/mol. The molecule has 0 aromatic heterocycles. The molecule has 2 heteroatoms. The van der Waals surface area contributed by atoms with Crippen molar-refractivity contribution < 1.29 is 9.47 Å². The van der Waals surface area contributed by atoms with Gasteiger partial charge in [-0.15, -0.1) is 0 Å². The Bertz CT molecular complexity index is 593. The fourth-order valence-electron chi connectivity index (χ4n) is 3.32. The van der Waals surface area contributed by atoms with Crippen molar-refractivity contribution in [1.29, 1.82) is 0 Å². The van der Waals surface area contributed by atoms with Crippen LogP contribution in [0.3, 0.4) is 0 Å². The molecule has 0 atom stereocenters. The van der Waals surface area contributed by atoms with Crippen molar-refractivity contribution in [2.45, 2.75) is 45.1 Å². The van der Waals surface area contributed by atoms with Gasteiger partial charge in [0, 0.05) is 0 Å². The van der Waals surface area contributed by atoms with Gasteiger partial charge in [0.2, 0.25) is 0 Å². The first kappa shape index (κ1) is 15.9. The molecule has 0 amide bonds. The summed E-state index contributed by atoms with van der Waals surface area (Å²) in [6.45, 7) is 2.98. The molecule has 1 fully saturated rings. The molecule has 1 aliphatic carbocycles. The van der Waals surface area contributed by atoms with E-state index in [1.165, 1.54) is 36.8 Å². The fourth-order valence-corrected chi connectivity index (χ4v) is 3.32. The van der Waals surface area contributed by atoms with E-state index in [9.17, 15) is 0 Å². The maximum absolute atomic E-state index is 5.84. The van der Waals surface area contributed by atoms with Crippen LogP contribution in [-0.2, 0) is 6.61 Å². The van der Waals surface area contributed by atoms with Crippen LogP contribution in [0, 0.1) is 5.92 Å². The third-order valence-electron chi connectivity index (χ3n) is 4.93. The standard InChI is InChI=1S/C21H26O2/c1-16-3-7-18(8-4-16)19-9-5-17(6-10-19)15-23-21-13-11-20(22-2)12-14-21/h5-6,9-14,16,18H,3-4,7-8,15H2,1-2H3. The Kier molecular flexibility index (Phi) is 5.22. The zero-order valence-electron chi connectivity index (χ0n) is 14.1. The highest BCUT2D eigenvalue weighted by Crippen LogP contribution is 2.35. The van der Waals surface area contributed by atoms with Gasteiger partial charge in [-0.25, -0.2) is 0 Å². The van der Waals surface area contributed by atoms with E-state index in [-0.39, 0.29) is 0 Å². The van der Waals surface area contributed by atoms with Crippen LogP contribution in [0.1, 0.15) is 49.7 Å². The minimum atomic E-state index is 0.605. The van der Waals surface area contributed by atoms with Crippen LogP contribution < -0.4 is 9.47 Å². The molecule has 0 saturated heterocycles. The Hall–Kier alpha value is -1.96. The molecule has 0 heterocycles. The Balaban J connectivity index is 1.54. The van der Waals surface area contributed by atoms with E-state index in [4.69, 9.17) is 9.47 Å². The second-order valence-electron chi connectivity index (χ2n) is 6.66. The van der Waals surface area contributed by atoms with Crippen molar-refractivity contribution in [3.05, 3.63) is 59.7 Å². The Labute approximate surface area is 139 Å². The number of ether oxygens (including phenoxy) is 2. The van der Waals surface area contributed by atoms with Crippen molar-refractivity contribution in [2.24, 2.45) is 5.92 Å². The minimum absolute atomic E-state index is 0.605. The van der Waals surface area contributed by atoms with Crippen molar-refractivity contribution in [3.63, 3.8) is 0 Å². The van der Waals surface area contributed by atoms with Crippen molar-refractivity contribution in [3.8, 4) is 11.5 Å². The van der Waals surface area contributed by atoms with Gasteiger partial charge >= 0.3 is 0 Å². The largest absolute Gasteiger partial charge is 0.497 e. The molecule has 1 aliphatic rings. The van der Waals surface area contributed by atoms with Gasteiger partial charge in [-0.2, -0.15) is 0 Å². The number of hydrogen-bond donors (Lipinski definition) is 0. The highest BCUT2D eigenvalue weighted by atomic mass is 16.5. The Morgan fingerprint density at radius 1 is 0.826 bits per heavy atom. The second kappa shape index (κ2) is 7.54. The molecule has 2 aromatic rings. The van der Waals surface area contributed by atoms with E-state index in [0.29, 0.717) is 6.61 Å². The number of rotatable bonds is 5. The first-order valence-corrected chi connectivity index (χ1v) is 8.60. The van der Waals surface area contributed by atoms with Crippen LogP contribution >= 0.6 is 0 Å². The lowest BCUT2D eigenvalue weighted by molar-refractivity contribution is 0.305. The van der Waals surface area contributed by atoms with E-state index in [0.717, 1.165) is 23.3 Å². The third kappa shape index (κ3) is 4.28. The van der Waals surface area contributed by atoms with Gasteiger partial charge in [0.15, 0.2) is 0 Å². The minimum Gasteiger partial charge on any atom is -0.497 e. The summed E-state index contributed by atoms with van der Waals surface area (Å²) in [7, 11) is 1.67. The third-order valence-corrected chi connectivity index (χ3v) is 4.93. The first-order valence-electron chi connectivity index (χ1n) is 8.60. The second-order valence-corrected chi connectivity index (χ2v) is 6.66. The van der Waals surface area contributed by atoms with Crippen molar-refractivity contribution in [1.82, 2.24) is 0 Å². The maximum Gasteiger partial charge on any atom is 0.120 e. The summed E-state index contributed by atoms with van der Waals surface area (Å²) in [6.07, 6.45) is 5.41. The zero-order valence-corrected chi connectivity index (χ0v) is 14.1. The molecule has 2 nitrogen and oxygen atoms in total. The zero-order chi connectivity index (χ0) is 16.1. The molecule has 0 spiro atoms. The van der Waals surface area contributed by atoms with Crippen molar-refractivity contribution in [2.75, 3.05) is 7.11 Å². The lowest BCUT2D eigenvalue weighted by atomic mass is 9.79. The van der Waals surface area contributed by atoms with Gasteiger partial charge in [0.05, 0.1) is 7.11 Å². The highest BCUT2D eigenvalue weighted by molar-refractivity contribution is 5.32. The lowest BCUT2D eigenvalue weighted by Crippen LogP contribution is -2.10. The van der Waals surface area contributed by atoms with Crippen LogP contribution in [0.4, 0.5) is 0 Å². The number of benzene rings is 2. The predicted octanol–water partition coefficient (Wildman–Crippen LogP) is 5.57. The van der Waals surface area contributed by atoms with Crippen LogP contribution in [0.15, 0.2) is 48.5 Å². The fraction of sp³-hybridized carbons (Fsp3) is 0.429. The smallest absolute Gasteiger partial charge is 0.120 e. The van der Waals surface area contributed by atoms with Gasteiger partial charge in [-0.05, 0) is 60.1 Å². The van der Waals surface area contributed by atoms with Gasteiger partial charge in [-0.3, -0.25) is 0 Å². The van der Waals surface area contributed by atoms with Crippen LogP contribution in [0.2, 0.25) is 0 Å². The van der Waals surface area contributed by atoms with Crippen molar-refractivity contribution >= 4 is 0 Å². The van der Waals surface area contributed by atoms with E-state index in [1.807, 2.05) is 24.3 Å². The van der Waals surface area contributed by atoms with Gasteiger partial charge in [0.25, 0.3) is 0 Å². The summed E-state index contributed by atoms with van der Waals surface area (Å²) in [5, 5.41) is 0. The summed E-state index contributed by atoms with van der Waals surface area (Å²) in [5.41, 5.74) is 2.71. The summed E-state index contributed by atoms with van der Waals surface area (Å²) >= 11 is 0. The van der Waals surface area contributed by atoms with Crippen LogP contribution in [-0.4, -0.2) is 7.11 Å². The van der Waals surface area contributed by atoms with Gasteiger partial charge in [-0.1, -0.05) is 44.0 Å². The van der Waals surface area contributed by atoms with Gasteiger partial charge in [0.1, 0.15) is 18.1 Å². The van der Waals surface area contributed by atoms with Gasteiger partial charge < -0.3 is 9.47 Å². The average Bonchev–Trinajstić information content (AvgIpc) is 2.61. The normalized spacial score (nSPS) is 21.0. The molecule has 0 bridgehead atoms. The van der Waals surface area contributed by atoms with Crippen LogP contribution in [0.25, 0.3) is 0 Å². The molecule has 3 rings (SSSR count). The summed E-state index contributed by atoms with van der Waals surface area (Å²) in [5.74, 6) is 3.38. The molecule has 0 radical (unpaired) electrons. The predicted molar refractivity (Wildman–Crippen MR) is 94.1 cm³/mol. The molecule has 2 aromatic carbocycles. The maximum atomic E-state index is 5.84. The highest BCUT2D eigenvalue weighted by Gasteiger charge is 2.19. The summed E-state index contributed by atoms with van der Waals surface area (Å²) in [4.78, 5) is 0. The molecule has 1 saturated carbocycles. The quantitative estimate of drug-likeness (QED) is 0.719. The summed E-state index contributed by atoms with van der Waals surface area (Å²) in [6, 6.07) is 16.7. The molecule has 0 aliphatic heterocycles. The molecule has 122 valence electrons.